The van der Waals surface area contributed by atoms with Gasteiger partial charge in [-0.05, 0) is 37.8 Å². The molecule has 0 bridgehead atoms. The Morgan fingerprint density at radius 3 is 1.81 bits per heavy atom. The molecule has 9 nitrogen and oxygen atoms in total. The fourth-order valence-corrected chi connectivity index (χ4v) is 3.77. The number of halogens is 1. The van der Waals surface area contributed by atoms with Crippen LogP contribution in [0.5, 0.6) is 0 Å². The van der Waals surface area contributed by atoms with Gasteiger partial charge in [-0.3, -0.25) is 9.36 Å². The first-order chi connectivity index (χ1) is 12.9. The lowest BCUT2D eigenvalue weighted by atomic mass is 10.1. The molecule has 2 aromatic heterocycles. The number of nitrogens with zero attached hydrogens (tertiary/aromatic N) is 4. The van der Waals surface area contributed by atoms with Crippen LogP contribution in [-0.2, 0) is 18.5 Å². The van der Waals surface area contributed by atoms with Crippen LogP contribution in [0.4, 0.5) is 5.82 Å². The monoisotopic (exact) mass is 417 g/mol. The summed E-state index contributed by atoms with van der Waals surface area (Å²) in [6.45, 7) is 3.05. The predicted molar refractivity (Wildman–Crippen MR) is 100 cm³/mol. The van der Waals surface area contributed by atoms with Gasteiger partial charge in [0.1, 0.15) is 5.82 Å². The zero-order valence-electron chi connectivity index (χ0n) is 14.9. The van der Waals surface area contributed by atoms with E-state index in [9.17, 15) is 8.42 Å². The zero-order valence-corrected chi connectivity index (χ0v) is 16.5. The highest BCUT2D eigenvalue weighted by Crippen LogP contribution is 2.22. The maximum absolute atomic E-state index is 11.0. The van der Waals surface area contributed by atoms with E-state index in [-0.39, 0.29) is 11.1 Å². The number of aromatic nitrogens is 4. The molecule has 2 fully saturated rings. The van der Waals surface area contributed by atoms with E-state index < -0.39 is 9.05 Å². The molecule has 11 heteroatoms. The van der Waals surface area contributed by atoms with Gasteiger partial charge in [0.05, 0.1) is 12.1 Å². The first-order valence-electron chi connectivity index (χ1n) is 8.89. The predicted octanol–water partition coefficient (Wildman–Crippen LogP) is 1.98. The van der Waals surface area contributed by atoms with Crippen LogP contribution in [0.15, 0.2) is 29.6 Å². The fraction of sp³-hybridized carbons (Fsp3) is 0.625. The molecule has 150 valence electrons. The molecular formula is C16H24ClN5O4S. The first kappa shape index (κ1) is 20.1. The van der Waals surface area contributed by atoms with E-state index >= 15 is 0 Å². The lowest BCUT2D eigenvalue weighted by Gasteiger charge is -2.22. The number of rotatable bonds is 3. The quantitative estimate of drug-likeness (QED) is 0.759. The minimum Gasteiger partial charge on any atom is -0.382 e. The Labute approximate surface area is 162 Å². The summed E-state index contributed by atoms with van der Waals surface area (Å²) in [4.78, 5) is 0. The Bertz CT molecular complexity index is 825. The number of nitrogen functional groups attached to an aromatic ring is 1. The van der Waals surface area contributed by atoms with E-state index in [2.05, 4.69) is 10.2 Å². The van der Waals surface area contributed by atoms with Gasteiger partial charge >= 0.3 is 0 Å². The highest BCUT2D eigenvalue weighted by Gasteiger charge is 2.20. The average Bonchev–Trinajstić information content (AvgIpc) is 3.33. The molecule has 4 rings (SSSR count). The lowest BCUT2D eigenvalue weighted by molar-refractivity contribution is 0.0659. The standard InChI is InChI=1S/C8H11ClN2O3S.C8H13N3O/c9-15(12,13)8-1-4-11(10-8)7-2-5-14-6-3-7;9-8-1-4-11(10-8)7-2-5-12-6-3-7/h1,4,7H,2-3,5-6H2;1,4,7H,2-3,5-6H2,(H2,9,10). The summed E-state index contributed by atoms with van der Waals surface area (Å²) in [5, 5.41) is 8.03. The maximum atomic E-state index is 11.0. The van der Waals surface area contributed by atoms with Crippen molar-refractivity contribution in [2.45, 2.75) is 42.8 Å². The third-order valence-electron chi connectivity index (χ3n) is 4.59. The van der Waals surface area contributed by atoms with Crippen molar-refractivity contribution in [1.82, 2.24) is 19.6 Å². The summed E-state index contributed by atoms with van der Waals surface area (Å²) < 4.78 is 36.0. The Morgan fingerprint density at radius 2 is 1.41 bits per heavy atom. The van der Waals surface area contributed by atoms with Gasteiger partial charge in [0.2, 0.25) is 0 Å². The molecular weight excluding hydrogens is 394 g/mol. The summed E-state index contributed by atoms with van der Waals surface area (Å²) in [6, 6.07) is 3.94. The van der Waals surface area contributed by atoms with Crippen molar-refractivity contribution in [3.05, 3.63) is 24.5 Å². The number of ether oxygens (including phenoxy) is 2. The molecule has 0 aromatic carbocycles. The second-order valence-electron chi connectivity index (χ2n) is 6.48. The van der Waals surface area contributed by atoms with Crippen molar-refractivity contribution in [3.8, 4) is 0 Å². The summed E-state index contributed by atoms with van der Waals surface area (Å²) in [5.41, 5.74) is 5.52. The molecule has 4 heterocycles. The molecule has 2 aromatic rings. The van der Waals surface area contributed by atoms with Crippen LogP contribution in [0.1, 0.15) is 37.8 Å². The topological polar surface area (TPSA) is 114 Å². The highest BCUT2D eigenvalue weighted by atomic mass is 35.7. The van der Waals surface area contributed by atoms with Crippen LogP contribution in [0.2, 0.25) is 0 Å². The van der Waals surface area contributed by atoms with Gasteiger partial charge in [-0.25, -0.2) is 8.42 Å². The summed E-state index contributed by atoms with van der Waals surface area (Å²) in [6.07, 6.45) is 7.37. The molecule has 2 saturated heterocycles. The normalized spacial score (nSPS) is 19.4. The minimum atomic E-state index is -3.71. The zero-order chi connectivity index (χ0) is 19.3. The number of nitrogens with two attached hydrogens (primary N) is 1. The van der Waals surface area contributed by atoms with Crippen LogP contribution in [-0.4, -0.2) is 54.4 Å². The second kappa shape index (κ2) is 9.05. The van der Waals surface area contributed by atoms with Crippen LogP contribution >= 0.6 is 10.7 Å². The number of hydrogen-bond acceptors (Lipinski definition) is 7. The van der Waals surface area contributed by atoms with Crippen LogP contribution < -0.4 is 5.73 Å². The summed E-state index contributed by atoms with van der Waals surface area (Å²) in [7, 11) is 1.47. The summed E-state index contributed by atoms with van der Waals surface area (Å²) >= 11 is 0. The van der Waals surface area contributed by atoms with Gasteiger partial charge in [-0.1, -0.05) is 0 Å². The number of hydrogen-bond donors (Lipinski definition) is 1. The van der Waals surface area contributed by atoms with E-state index in [0.29, 0.717) is 25.1 Å². The Kier molecular flexibility index (Phi) is 6.74. The lowest BCUT2D eigenvalue weighted by Crippen LogP contribution is -2.20. The molecule has 0 aliphatic carbocycles. The highest BCUT2D eigenvalue weighted by molar-refractivity contribution is 8.13. The van der Waals surface area contributed by atoms with Gasteiger partial charge in [0.15, 0.2) is 5.03 Å². The van der Waals surface area contributed by atoms with E-state index in [1.165, 1.54) is 6.07 Å². The Balaban J connectivity index is 0.000000159. The Morgan fingerprint density at radius 1 is 0.926 bits per heavy atom. The van der Waals surface area contributed by atoms with Crippen LogP contribution in [0.3, 0.4) is 0 Å². The van der Waals surface area contributed by atoms with Gasteiger partial charge in [0, 0.05) is 49.5 Å². The molecule has 2 aliphatic rings. The van der Waals surface area contributed by atoms with E-state index in [1.807, 2.05) is 16.9 Å². The molecule has 2 aliphatic heterocycles. The maximum Gasteiger partial charge on any atom is 0.280 e. The minimum absolute atomic E-state index is 0.0874. The smallest absolute Gasteiger partial charge is 0.280 e. The molecule has 0 radical (unpaired) electrons. The largest absolute Gasteiger partial charge is 0.382 e. The van der Waals surface area contributed by atoms with Crippen molar-refractivity contribution in [2.75, 3.05) is 32.2 Å². The van der Waals surface area contributed by atoms with Gasteiger partial charge in [-0.15, -0.1) is 0 Å². The van der Waals surface area contributed by atoms with Crippen molar-refractivity contribution in [2.24, 2.45) is 0 Å². The molecule has 2 N–H and O–H groups in total. The second-order valence-corrected chi connectivity index (χ2v) is 8.99. The molecule has 0 amide bonds. The Hall–Kier alpha value is -1.62. The van der Waals surface area contributed by atoms with Crippen LogP contribution in [0, 0.1) is 0 Å². The average molecular weight is 418 g/mol. The van der Waals surface area contributed by atoms with Crippen molar-refractivity contribution in [3.63, 3.8) is 0 Å². The van der Waals surface area contributed by atoms with E-state index in [0.717, 1.165) is 38.9 Å². The fourth-order valence-electron chi connectivity index (χ4n) is 3.11. The molecule has 0 saturated carbocycles. The van der Waals surface area contributed by atoms with Crippen molar-refractivity contribution < 1.29 is 17.9 Å². The van der Waals surface area contributed by atoms with Crippen LogP contribution in [0.25, 0.3) is 0 Å². The molecule has 0 atom stereocenters. The molecule has 0 spiro atoms. The third-order valence-corrected chi connectivity index (χ3v) is 5.78. The molecule has 27 heavy (non-hydrogen) atoms. The number of anilines is 1. The van der Waals surface area contributed by atoms with Gasteiger partial charge in [-0.2, -0.15) is 10.2 Å². The van der Waals surface area contributed by atoms with E-state index in [4.69, 9.17) is 25.9 Å². The molecule has 0 unspecified atom stereocenters. The van der Waals surface area contributed by atoms with Gasteiger partial charge in [0.25, 0.3) is 9.05 Å². The van der Waals surface area contributed by atoms with Gasteiger partial charge < -0.3 is 15.2 Å². The third kappa shape index (κ3) is 5.68. The first-order valence-corrected chi connectivity index (χ1v) is 11.2. The van der Waals surface area contributed by atoms with Crippen molar-refractivity contribution in [1.29, 1.82) is 0 Å². The van der Waals surface area contributed by atoms with Crippen molar-refractivity contribution >= 4 is 25.6 Å². The SMILES string of the molecule is Nc1ccn(C2CCOCC2)n1.O=S(=O)(Cl)c1ccn(C2CCOCC2)n1. The summed E-state index contributed by atoms with van der Waals surface area (Å²) in [5.74, 6) is 0.599. The van der Waals surface area contributed by atoms with E-state index in [1.54, 1.807) is 10.9 Å².